The first-order valence-corrected chi connectivity index (χ1v) is 11.5. The van der Waals surface area contributed by atoms with E-state index in [-0.39, 0.29) is 10.6 Å². The molecule has 4 aromatic rings. The lowest BCUT2D eigenvalue weighted by Gasteiger charge is -2.14. The second kappa shape index (κ2) is 8.35. The van der Waals surface area contributed by atoms with Gasteiger partial charge in [-0.3, -0.25) is 0 Å². The molecule has 6 nitrogen and oxygen atoms in total. The zero-order chi connectivity index (χ0) is 22.0. The van der Waals surface area contributed by atoms with E-state index in [0.717, 1.165) is 11.0 Å². The molecule has 1 unspecified atom stereocenters. The van der Waals surface area contributed by atoms with Gasteiger partial charge in [-0.25, -0.2) is 18.2 Å². The fourth-order valence-electron chi connectivity index (χ4n) is 3.53. The van der Waals surface area contributed by atoms with Crippen LogP contribution in [0.15, 0.2) is 83.8 Å². The van der Waals surface area contributed by atoms with Crippen molar-refractivity contribution >= 4 is 26.8 Å². The molecule has 0 amide bonds. The lowest BCUT2D eigenvalue weighted by atomic mass is 10.1. The molecule has 0 saturated carbocycles. The number of hydrogen-bond acceptors (Lipinski definition) is 5. The predicted molar refractivity (Wildman–Crippen MR) is 118 cm³/mol. The van der Waals surface area contributed by atoms with Crippen molar-refractivity contribution in [1.82, 2.24) is 9.55 Å². The summed E-state index contributed by atoms with van der Waals surface area (Å²) in [5.41, 5.74) is 2.60. The number of imidazole rings is 1. The normalized spacial score (nSPS) is 12.6. The van der Waals surface area contributed by atoms with Crippen molar-refractivity contribution in [2.75, 3.05) is 0 Å². The first kappa shape index (κ1) is 20.8. The summed E-state index contributed by atoms with van der Waals surface area (Å²) >= 11 is 0. The molecule has 31 heavy (non-hydrogen) atoms. The first-order valence-electron chi connectivity index (χ1n) is 9.84. The summed E-state index contributed by atoms with van der Waals surface area (Å²) in [4.78, 5) is 17.5. The second-order valence-electron chi connectivity index (χ2n) is 7.34. The summed E-state index contributed by atoms with van der Waals surface area (Å²) in [5, 5.41) is 0. The van der Waals surface area contributed by atoms with Gasteiger partial charge in [0.15, 0.2) is 21.8 Å². The molecule has 0 spiro atoms. The summed E-state index contributed by atoms with van der Waals surface area (Å²) in [5.74, 6) is -0.0887. The maximum absolute atomic E-state index is 12.7. The van der Waals surface area contributed by atoms with Gasteiger partial charge in [0.1, 0.15) is 0 Å². The lowest BCUT2D eigenvalue weighted by Crippen LogP contribution is -2.13. The molecular weight excluding hydrogens is 412 g/mol. The number of ether oxygens (including phenoxy) is 1. The van der Waals surface area contributed by atoms with Crippen molar-refractivity contribution in [2.45, 2.75) is 23.7 Å². The Labute approximate surface area is 181 Å². The first-order chi connectivity index (χ1) is 14.8. The van der Waals surface area contributed by atoms with Gasteiger partial charge in [-0.1, -0.05) is 42.5 Å². The maximum Gasteiger partial charge on any atom is 0.338 e. The van der Waals surface area contributed by atoms with E-state index in [0.29, 0.717) is 17.0 Å². The number of carbonyl (C=O) groups excluding carboxylic acids is 1. The number of rotatable bonds is 6. The summed E-state index contributed by atoms with van der Waals surface area (Å²) in [7, 11) is -1.63. The van der Waals surface area contributed by atoms with Crippen LogP contribution in [-0.4, -0.2) is 23.9 Å². The van der Waals surface area contributed by atoms with Crippen LogP contribution in [0, 0.1) is 0 Å². The average molecular weight is 435 g/mol. The van der Waals surface area contributed by atoms with E-state index in [1.165, 1.54) is 0 Å². The van der Waals surface area contributed by atoms with Crippen molar-refractivity contribution in [1.29, 1.82) is 0 Å². The zero-order valence-electron chi connectivity index (χ0n) is 17.2. The third-order valence-corrected chi connectivity index (χ3v) is 6.79. The quantitative estimate of drug-likeness (QED) is 0.419. The Bertz CT molecular complexity index is 1340. The number of nitrogens with zero attached hydrogens (tertiary/aromatic N) is 2. The fraction of sp³-hybridized carbons (Fsp3) is 0.167. The highest BCUT2D eigenvalue weighted by atomic mass is 32.2. The molecule has 0 bridgehead atoms. The minimum Gasteiger partial charge on any atom is -0.451 e. The molecule has 0 N–H and O–H groups in total. The Hall–Kier alpha value is -3.45. The van der Waals surface area contributed by atoms with Gasteiger partial charge in [0.05, 0.1) is 27.2 Å². The molecule has 0 saturated heterocycles. The van der Waals surface area contributed by atoms with Gasteiger partial charge in [-0.2, -0.15) is 0 Å². The monoisotopic (exact) mass is 434 g/mol. The van der Waals surface area contributed by atoms with Crippen LogP contribution in [0.2, 0.25) is 0 Å². The van der Waals surface area contributed by atoms with Crippen LogP contribution in [0.1, 0.15) is 34.8 Å². The molecule has 0 radical (unpaired) electrons. The van der Waals surface area contributed by atoms with Crippen molar-refractivity contribution < 1.29 is 17.9 Å². The minimum atomic E-state index is -3.51. The smallest absolute Gasteiger partial charge is 0.338 e. The van der Waals surface area contributed by atoms with Crippen molar-refractivity contribution in [3.63, 3.8) is 0 Å². The third-order valence-electron chi connectivity index (χ3n) is 5.09. The molecule has 7 heteroatoms. The molecule has 1 heterocycles. The fourth-order valence-corrected chi connectivity index (χ4v) is 4.88. The van der Waals surface area contributed by atoms with Gasteiger partial charge in [0, 0.05) is 7.05 Å². The van der Waals surface area contributed by atoms with E-state index in [4.69, 9.17) is 4.74 Å². The van der Waals surface area contributed by atoms with Gasteiger partial charge in [0.2, 0.25) is 0 Å². The number of benzene rings is 3. The molecule has 0 aliphatic rings. The molecule has 1 aromatic heterocycles. The van der Waals surface area contributed by atoms with Crippen LogP contribution in [0.4, 0.5) is 0 Å². The number of carbonyl (C=O) groups is 1. The Balaban J connectivity index is 1.52. The minimum absolute atomic E-state index is 0.196. The van der Waals surface area contributed by atoms with E-state index in [2.05, 4.69) is 4.98 Å². The highest BCUT2D eigenvalue weighted by Crippen LogP contribution is 2.23. The summed E-state index contributed by atoms with van der Waals surface area (Å²) in [6, 6.07) is 22.5. The molecule has 4 rings (SSSR count). The van der Waals surface area contributed by atoms with Gasteiger partial charge >= 0.3 is 5.97 Å². The van der Waals surface area contributed by atoms with Crippen LogP contribution in [0.3, 0.4) is 0 Å². The Morgan fingerprint density at radius 1 is 1.00 bits per heavy atom. The number of para-hydroxylation sites is 2. The Kier molecular flexibility index (Phi) is 5.61. The van der Waals surface area contributed by atoms with Crippen LogP contribution < -0.4 is 0 Å². The van der Waals surface area contributed by atoms with Crippen LogP contribution in [0.5, 0.6) is 0 Å². The highest BCUT2D eigenvalue weighted by Gasteiger charge is 2.20. The molecule has 0 aliphatic carbocycles. The van der Waals surface area contributed by atoms with Gasteiger partial charge in [-0.15, -0.1) is 0 Å². The molecule has 0 aliphatic heterocycles. The maximum atomic E-state index is 12.7. The Morgan fingerprint density at radius 3 is 2.45 bits per heavy atom. The predicted octanol–water partition coefficient (Wildman–Crippen LogP) is 4.47. The SMILES string of the molecule is CC(OC(=O)c1cccc(CS(=O)(=O)c2ccccc2)c1)c1nc2ccccc2n1C. The molecule has 3 aromatic carbocycles. The summed E-state index contributed by atoms with van der Waals surface area (Å²) in [6.45, 7) is 1.77. The highest BCUT2D eigenvalue weighted by molar-refractivity contribution is 7.90. The van der Waals surface area contributed by atoms with Gasteiger partial charge < -0.3 is 9.30 Å². The number of esters is 1. The number of aryl methyl sites for hydroxylation is 1. The van der Waals surface area contributed by atoms with Crippen LogP contribution in [-0.2, 0) is 27.4 Å². The van der Waals surface area contributed by atoms with Crippen molar-refractivity contribution in [3.05, 3.63) is 95.8 Å². The van der Waals surface area contributed by atoms with E-state index in [1.807, 2.05) is 35.9 Å². The summed E-state index contributed by atoms with van der Waals surface area (Å²) < 4.78 is 32.8. The van der Waals surface area contributed by atoms with E-state index in [9.17, 15) is 13.2 Å². The lowest BCUT2D eigenvalue weighted by molar-refractivity contribution is 0.0315. The molecule has 158 valence electrons. The van der Waals surface area contributed by atoms with Crippen molar-refractivity contribution in [2.24, 2.45) is 7.05 Å². The molecule has 1 atom stereocenters. The number of sulfone groups is 1. The third kappa shape index (κ3) is 4.36. The number of hydrogen-bond donors (Lipinski definition) is 0. The van der Waals surface area contributed by atoms with Crippen LogP contribution >= 0.6 is 0 Å². The van der Waals surface area contributed by atoms with E-state index >= 15 is 0 Å². The number of fused-ring (bicyclic) bond motifs is 1. The average Bonchev–Trinajstić information content (AvgIpc) is 3.11. The van der Waals surface area contributed by atoms with Crippen LogP contribution in [0.25, 0.3) is 11.0 Å². The molecular formula is C24H22N2O4S. The van der Waals surface area contributed by atoms with Crippen molar-refractivity contribution in [3.8, 4) is 0 Å². The largest absolute Gasteiger partial charge is 0.451 e. The van der Waals surface area contributed by atoms with Gasteiger partial charge in [0.25, 0.3) is 0 Å². The molecule has 0 fully saturated rings. The van der Waals surface area contributed by atoms with E-state index < -0.39 is 21.9 Å². The van der Waals surface area contributed by atoms with Gasteiger partial charge in [-0.05, 0) is 48.9 Å². The Morgan fingerprint density at radius 2 is 1.71 bits per heavy atom. The van der Waals surface area contributed by atoms with E-state index in [1.54, 1.807) is 61.5 Å². The number of aromatic nitrogens is 2. The standard InChI is InChI=1S/C24H22N2O4S/c1-17(23-25-21-13-6-7-14-22(21)26(23)2)30-24(27)19-10-8-9-18(15-19)16-31(28,29)20-11-4-3-5-12-20/h3-15,17H,16H2,1-2H3. The second-order valence-corrected chi connectivity index (χ2v) is 9.33. The zero-order valence-corrected chi connectivity index (χ0v) is 18.0. The topological polar surface area (TPSA) is 78.3 Å². The summed E-state index contributed by atoms with van der Waals surface area (Å²) in [6.07, 6.45) is -0.568.